The molecule has 8 nitrogen and oxygen atoms in total. The summed E-state index contributed by atoms with van der Waals surface area (Å²) in [6, 6.07) is 3.20. The Morgan fingerprint density at radius 2 is 2.22 bits per heavy atom. The van der Waals surface area contributed by atoms with Crippen molar-refractivity contribution >= 4 is 51.5 Å². The van der Waals surface area contributed by atoms with E-state index in [1.54, 1.807) is 6.07 Å². The number of aryl methyl sites for hydroxylation is 1. The molecule has 23 heavy (non-hydrogen) atoms. The van der Waals surface area contributed by atoms with Crippen molar-refractivity contribution in [2.24, 2.45) is 10.2 Å². The Balaban J connectivity index is 1.82. The summed E-state index contributed by atoms with van der Waals surface area (Å²) in [5, 5.41) is 29.7. The molecule has 0 radical (unpaired) electrons. The topological polar surface area (TPSA) is 103 Å². The Kier molecular flexibility index (Phi) is 4.44. The maximum absolute atomic E-state index is 11.4. The van der Waals surface area contributed by atoms with Crippen molar-refractivity contribution in [2.75, 3.05) is 23.1 Å². The number of phenols is 1. The van der Waals surface area contributed by atoms with Crippen LogP contribution in [0, 0.1) is 0 Å². The third kappa shape index (κ3) is 3.42. The predicted octanol–water partition coefficient (Wildman–Crippen LogP) is 2.87. The number of benzene rings is 1. The van der Waals surface area contributed by atoms with E-state index in [1.165, 1.54) is 17.4 Å². The molecular formula is C13H14N6O2S2. The molecule has 1 aliphatic rings. The van der Waals surface area contributed by atoms with Crippen molar-refractivity contribution in [2.45, 2.75) is 12.8 Å². The monoisotopic (exact) mass is 350 g/mol. The standard InChI is InChI=1S/C13H14N6O2S2/c1-19(6-22)13-18-17-12(23-13)16-15-9-4-7-2-3-11(21)14-8(7)5-10(9)20/h4-5,20,22H,2-3,6H2,1H3,(H,14,21)/b16-15+. The van der Waals surface area contributed by atoms with Gasteiger partial charge in [0.25, 0.3) is 5.13 Å². The van der Waals surface area contributed by atoms with Crippen LogP contribution < -0.4 is 10.2 Å². The predicted molar refractivity (Wildman–Crippen MR) is 91.4 cm³/mol. The number of anilines is 2. The summed E-state index contributed by atoms with van der Waals surface area (Å²) in [6.07, 6.45) is 1.03. The number of hydrogen-bond acceptors (Lipinski definition) is 9. The van der Waals surface area contributed by atoms with Crippen molar-refractivity contribution in [3.8, 4) is 5.75 Å². The summed E-state index contributed by atoms with van der Waals surface area (Å²) in [7, 11) is 1.85. The maximum atomic E-state index is 11.4. The summed E-state index contributed by atoms with van der Waals surface area (Å²) < 4.78 is 0. The number of thiol groups is 1. The third-order valence-electron chi connectivity index (χ3n) is 3.28. The first kappa shape index (κ1) is 15.7. The largest absolute Gasteiger partial charge is 0.506 e. The number of amides is 1. The number of aromatic hydroxyl groups is 1. The second-order valence-electron chi connectivity index (χ2n) is 4.95. The molecule has 0 unspecified atom stereocenters. The van der Waals surface area contributed by atoms with E-state index in [0.717, 1.165) is 5.56 Å². The molecule has 0 saturated heterocycles. The average molecular weight is 350 g/mol. The molecule has 2 N–H and O–H groups in total. The summed E-state index contributed by atoms with van der Waals surface area (Å²) in [6.45, 7) is 0. The maximum Gasteiger partial charge on any atom is 0.253 e. The van der Waals surface area contributed by atoms with Crippen molar-refractivity contribution in [1.29, 1.82) is 0 Å². The third-order valence-corrected chi connectivity index (χ3v) is 4.63. The minimum atomic E-state index is -0.0547. The molecule has 120 valence electrons. The van der Waals surface area contributed by atoms with Gasteiger partial charge in [-0.2, -0.15) is 12.6 Å². The van der Waals surface area contributed by atoms with E-state index in [0.29, 0.717) is 40.4 Å². The van der Waals surface area contributed by atoms with Crippen LogP contribution in [0.25, 0.3) is 0 Å². The molecular weight excluding hydrogens is 336 g/mol. The molecule has 3 rings (SSSR count). The van der Waals surface area contributed by atoms with Crippen LogP contribution in [0.2, 0.25) is 0 Å². The first-order chi connectivity index (χ1) is 11.1. The average Bonchev–Trinajstić information content (AvgIpc) is 3.01. The molecule has 2 aromatic rings. The highest BCUT2D eigenvalue weighted by atomic mass is 32.1. The van der Waals surface area contributed by atoms with E-state index in [2.05, 4.69) is 38.4 Å². The zero-order valence-electron chi connectivity index (χ0n) is 12.2. The molecule has 10 heteroatoms. The lowest BCUT2D eigenvalue weighted by molar-refractivity contribution is -0.116. The van der Waals surface area contributed by atoms with Gasteiger partial charge in [-0.05, 0) is 18.1 Å². The van der Waals surface area contributed by atoms with E-state index in [-0.39, 0.29) is 11.7 Å². The lowest BCUT2D eigenvalue weighted by atomic mass is 10.0. The molecule has 1 aromatic heterocycles. The Morgan fingerprint density at radius 1 is 1.39 bits per heavy atom. The fourth-order valence-corrected chi connectivity index (χ4v) is 2.90. The van der Waals surface area contributed by atoms with Crippen molar-refractivity contribution < 1.29 is 9.90 Å². The summed E-state index contributed by atoms with van der Waals surface area (Å²) >= 11 is 5.43. The van der Waals surface area contributed by atoms with Crippen molar-refractivity contribution in [1.82, 2.24) is 10.2 Å². The minimum Gasteiger partial charge on any atom is -0.506 e. The van der Waals surface area contributed by atoms with E-state index in [4.69, 9.17) is 0 Å². The van der Waals surface area contributed by atoms with Gasteiger partial charge in [0.1, 0.15) is 11.4 Å². The second-order valence-corrected chi connectivity index (χ2v) is 6.17. The molecule has 1 aliphatic heterocycles. The molecule has 0 aliphatic carbocycles. The van der Waals surface area contributed by atoms with Crippen LogP contribution in [0.4, 0.5) is 21.6 Å². The van der Waals surface area contributed by atoms with Gasteiger partial charge in [0.05, 0.1) is 5.88 Å². The van der Waals surface area contributed by atoms with Gasteiger partial charge in [-0.3, -0.25) is 4.79 Å². The lowest BCUT2D eigenvalue weighted by Crippen LogP contribution is -2.18. The number of rotatable bonds is 4. The van der Waals surface area contributed by atoms with Crippen molar-refractivity contribution in [3.05, 3.63) is 17.7 Å². The van der Waals surface area contributed by atoms with Crippen LogP contribution >= 0.6 is 24.0 Å². The second kappa shape index (κ2) is 6.50. The minimum absolute atomic E-state index is 0.0492. The van der Waals surface area contributed by atoms with Gasteiger partial charge in [0.15, 0.2) is 0 Å². The number of nitrogens with one attached hydrogen (secondary N) is 1. The molecule has 1 aromatic carbocycles. The molecule has 0 saturated carbocycles. The normalized spacial score (nSPS) is 13.9. The van der Waals surface area contributed by atoms with Gasteiger partial charge in [0, 0.05) is 25.2 Å². The molecule has 0 bridgehead atoms. The van der Waals surface area contributed by atoms with E-state index < -0.39 is 0 Å². The number of azo groups is 1. The smallest absolute Gasteiger partial charge is 0.253 e. The van der Waals surface area contributed by atoms with Crippen LogP contribution in [0.3, 0.4) is 0 Å². The van der Waals surface area contributed by atoms with Crippen LogP contribution in [-0.2, 0) is 11.2 Å². The first-order valence-corrected chi connectivity index (χ1v) is 8.24. The zero-order chi connectivity index (χ0) is 16.4. The number of carbonyl (C=O) groups excluding carboxylic acids is 1. The highest BCUT2D eigenvalue weighted by Gasteiger charge is 2.17. The highest BCUT2D eigenvalue weighted by Crippen LogP contribution is 2.36. The number of aromatic nitrogens is 2. The Hall–Kier alpha value is -2.20. The van der Waals surface area contributed by atoms with Crippen molar-refractivity contribution in [3.63, 3.8) is 0 Å². The Bertz CT molecular complexity index is 776. The summed E-state index contributed by atoms with van der Waals surface area (Å²) in [5.74, 6) is 0.413. The zero-order valence-corrected chi connectivity index (χ0v) is 13.9. The summed E-state index contributed by atoms with van der Waals surface area (Å²) in [5.41, 5.74) is 1.87. The van der Waals surface area contributed by atoms with Gasteiger partial charge >= 0.3 is 0 Å². The lowest BCUT2D eigenvalue weighted by Gasteiger charge is -2.17. The molecule has 0 atom stereocenters. The first-order valence-electron chi connectivity index (χ1n) is 6.80. The van der Waals surface area contributed by atoms with E-state index in [1.807, 2.05) is 11.9 Å². The van der Waals surface area contributed by atoms with E-state index in [9.17, 15) is 9.90 Å². The quantitative estimate of drug-likeness (QED) is 0.447. The van der Waals surface area contributed by atoms with Gasteiger partial charge in [-0.15, -0.1) is 20.4 Å². The van der Waals surface area contributed by atoms with Gasteiger partial charge in [0.2, 0.25) is 11.0 Å². The fourth-order valence-electron chi connectivity index (χ4n) is 2.04. The fraction of sp³-hybridized carbons (Fsp3) is 0.308. The van der Waals surface area contributed by atoms with Gasteiger partial charge in [-0.1, -0.05) is 11.3 Å². The summed E-state index contributed by atoms with van der Waals surface area (Å²) in [4.78, 5) is 13.2. The highest BCUT2D eigenvalue weighted by molar-refractivity contribution is 7.80. The molecule has 0 fully saturated rings. The molecule has 2 heterocycles. The van der Waals surface area contributed by atoms with Crippen LogP contribution in [0.1, 0.15) is 12.0 Å². The number of nitrogens with zero attached hydrogens (tertiary/aromatic N) is 5. The number of hydrogen-bond donors (Lipinski definition) is 3. The van der Waals surface area contributed by atoms with Gasteiger partial charge in [-0.25, -0.2) is 0 Å². The Labute approximate surface area is 141 Å². The number of carbonyl (C=O) groups is 1. The molecule has 0 spiro atoms. The van der Waals surface area contributed by atoms with Gasteiger partial charge < -0.3 is 15.3 Å². The number of phenolic OH excluding ortho intramolecular Hbond substituents is 1. The van der Waals surface area contributed by atoms with Crippen LogP contribution in [0.5, 0.6) is 5.75 Å². The van der Waals surface area contributed by atoms with E-state index >= 15 is 0 Å². The molecule has 1 amide bonds. The Morgan fingerprint density at radius 3 is 3.00 bits per heavy atom. The van der Waals surface area contributed by atoms with Crippen LogP contribution in [-0.4, -0.2) is 34.1 Å². The SMILES string of the molecule is CN(CS)c1nnc(/N=N/c2cc3c(cc2O)NC(=O)CC3)s1. The number of fused-ring (bicyclic) bond motifs is 1. The van der Waals surface area contributed by atoms with Crippen LogP contribution in [0.15, 0.2) is 22.4 Å².